The number of unbranched alkanes of at least 4 members (excludes halogenated alkanes) is 1. The molecule has 0 saturated carbocycles. The molecule has 0 spiro atoms. The van der Waals surface area contributed by atoms with Crippen molar-refractivity contribution in [1.29, 1.82) is 0 Å². The Labute approximate surface area is 116 Å². The Hall–Kier alpha value is -2.31. The molecule has 20 heavy (non-hydrogen) atoms. The molecule has 0 aliphatic rings. The normalized spacial score (nSPS) is 10.3. The first-order valence-corrected chi connectivity index (χ1v) is 6.22. The fraction of sp³-hybridized carbons (Fsp3) is 0.385. The van der Waals surface area contributed by atoms with Gasteiger partial charge in [0.25, 0.3) is 0 Å². The van der Waals surface area contributed by atoms with Crippen LogP contribution in [0, 0.1) is 5.82 Å². The summed E-state index contributed by atoms with van der Waals surface area (Å²) in [5, 5.41) is 9.01. The van der Waals surface area contributed by atoms with E-state index in [1.54, 1.807) is 0 Å². The highest BCUT2D eigenvalue weighted by Crippen LogP contribution is 2.26. The lowest BCUT2D eigenvalue weighted by atomic mass is 10.1. The molecule has 0 aliphatic heterocycles. The van der Waals surface area contributed by atoms with Crippen LogP contribution in [0.15, 0.2) is 12.1 Å². The number of primary amides is 1. The maximum atomic E-state index is 14.0. The number of carboxylic acids is 1. The zero-order chi connectivity index (χ0) is 15.3. The first-order chi connectivity index (χ1) is 9.36. The summed E-state index contributed by atoms with van der Waals surface area (Å²) in [5.41, 5.74) is 10.3. The third-order valence-corrected chi connectivity index (χ3v) is 2.82. The molecule has 0 aliphatic carbocycles. The number of amides is 1. The van der Waals surface area contributed by atoms with E-state index < -0.39 is 17.7 Å². The molecular formula is C13H18FN3O3. The molecular weight excluding hydrogens is 265 g/mol. The second-order valence-electron chi connectivity index (χ2n) is 4.44. The monoisotopic (exact) mass is 283 g/mol. The van der Waals surface area contributed by atoms with Crippen molar-refractivity contribution < 1.29 is 19.1 Å². The molecule has 7 heteroatoms. The summed E-state index contributed by atoms with van der Waals surface area (Å²) < 4.78 is 14.0. The van der Waals surface area contributed by atoms with Crippen LogP contribution in [0.1, 0.15) is 30.1 Å². The topological polar surface area (TPSA) is 110 Å². The number of rotatable bonds is 7. The molecule has 6 nitrogen and oxygen atoms in total. The van der Waals surface area contributed by atoms with Crippen LogP contribution < -0.4 is 16.4 Å². The van der Waals surface area contributed by atoms with Crippen LogP contribution >= 0.6 is 0 Å². The number of carbonyl (C=O) groups excluding carboxylic acids is 1. The minimum atomic E-state index is -1.25. The number of carbonyl (C=O) groups is 2. The summed E-state index contributed by atoms with van der Waals surface area (Å²) in [6, 6.07) is 2.07. The maximum Gasteiger partial charge on any atom is 0.337 e. The first-order valence-electron chi connectivity index (χ1n) is 6.22. The average Bonchev–Trinajstić information content (AvgIpc) is 2.34. The molecule has 1 amide bonds. The summed E-state index contributed by atoms with van der Waals surface area (Å²) in [5.74, 6) is -2.54. The van der Waals surface area contributed by atoms with Gasteiger partial charge >= 0.3 is 5.97 Å². The first kappa shape index (κ1) is 15.7. The number of hydrogen-bond donors (Lipinski definition) is 3. The van der Waals surface area contributed by atoms with Crippen LogP contribution in [0.4, 0.5) is 15.8 Å². The third kappa shape index (κ3) is 3.84. The van der Waals surface area contributed by atoms with Gasteiger partial charge in [0.15, 0.2) is 0 Å². The molecule has 0 radical (unpaired) electrons. The summed E-state index contributed by atoms with van der Waals surface area (Å²) in [7, 11) is 0. The van der Waals surface area contributed by atoms with Gasteiger partial charge < -0.3 is 21.5 Å². The van der Waals surface area contributed by atoms with E-state index in [1.165, 1.54) is 4.90 Å². The van der Waals surface area contributed by atoms with Gasteiger partial charge in [0.2, 0.25) is 5.91 Å². The lowest BCUT2D eigenvalue weighted by molar-refractivity contribution is -0.116. The van der Waals surface area contributed by atoms with Crippen molar-refractivity contribution in [2.24, 2.45) is 5.73 Å². The molecule has 0 aromatic heterocycles. The van der Waals surface area contributed by atoms with Gasteiger partial charge in [-0.3, -0.25) is 4.79 Å². The molecule has 0 saturated heterocycles. The number of carboxylic acid groups (broad SMARTS) is 1. The Balaban J connectivity index is 3.20. The second kappa shape index (κ2) is 6.74. The molecule has 0 bridgehead atoms. The molecule has 0 heterocycles. The van der Waals surface area contributed by atoms with Crippen LogP contribution in [-0.2, 0) is 4.79 Å². The van der Waals surface area contributed by atoms with E-state index in [0.29, 0.717) is 6.54 Å². The van der Waals surface area contributed by atoms with E-state index >= 15 is 0 Å². The smallest absolute Gasteiger partial charge is 0.337 e. The van der Waals surface area contributed by atoms with E-state index in [-0.39, 0.29) is 23.5 Å². The van der Waals surface area contributed by atoms with Gasteiger partial charge in [-0.15, -0.1) is 0 Å². The van der Waals surface area contributed by atoms with Crippen molar-refractivity contribution in [2.75, 3.05) is 23.7 Å². The largest absolute Gasteiger partial charge is 0.478 e. The number of halogens is 1. The van der Waals surface area contributed by atoms with Crippen molar-refractivity contribution in [2.45, 2.75) is 19.8 Å². The summed E-state index contributed by atoms with van der Waals surface area (Å²) in [6.07, 6.45) is 1.57. The van der Waals surface area contributed by atoms with Gasteiger partial charge in [0.1, 0.15) is 5.82 Å². The Morgan fingerprint density at radius 2 is 2.05 bits per heavy atom. The zero-order valence-electron chi connectivity index (χ0n) is 11.2. The molecule has 1 aromatic carbocycles. The van der Waals surface area contributed by atoms with Crippen LogP contribution in [0.25, 0.3) is 0 Å². The van der Waals surface area contributed by atoms with Crippen molar-refractivity contribution in [1.82, 2.24) is 0 Å². The average molecular weight is 283 g/mol. The highest BCUT2D eigenvalue weighted by Gasteiger charge is 2.18. The lowest BCUT2D eigenvalue weighted by Gasteiger charge is -2.24. The van der Waals surface area contributed by atoms with E-state index in [9.17, 15) is 14.0 Å². The van der Waals surface area contributed by atoms with E-state index in [0.717, 1.165) is 25.0 Å². The molecule has 0 unspecified atom stereocenters. The zero-order valence-corrected chi connectivity index (χ0v) is 11.2. The summed E-state index contributed by atoms with van der Waals surface area (Å²) >= 11 is 0. The van der Waals surface area contributed by atoms with Gasteiger partial charge in [-0.05, 0) is 18.6 Å². The predicted molar refractivity (Wildman–Crippen MR) is 74.1 cm³/mol. The Kier molecular flexibility index (Phi) is 5.31. The van der Waals surface area contributed by atoms with Crippen LogP contribution in [0.3, 0.4) is 0 Å². The highest BCUT2D eigenvalue weighted by atomic mass is 19.1. The Morgan fingerprint density at radius 1 is 1.40 bits per heavy atom. The van der Waals surface area contributed by atoms with Crippen molar-refractivity contribution in [3.63, 3.8) is 0 Å². The van der Waals surface area contributed by atoms with Gasteiger partial charge in [-0.2, -0.15) is 0 Å². The fourth-order valence-corrected chi connectivity index (χ4v) is 1.83. The Bertz CT molecular complexity index is 520. The molecule has 5 N–H and O–H groups in total. The Morgan fingerprint density at radius 3 is 2.55 bits per heavy atom. The fourth-order valence-electron chi connectivity index (χ4n) is 1.83. The molecule has 0 fully saturated rings. The molecule has 0 atom stereocenters. The quantitative estimate of drug-likeness (QED) is 0.651. The molecule has 1 aromatic rings. The van der Waals surface area contributed by atoms with E-state index in [2.05, 4.69) is 0 Å². The summed E-state index contributed by atoms with van der Waals surface area (Å²) in [6.45, 7) is 2.17. The predicted octanol–water partition coefficient (Wildman–Crippen LogP) is 1.20. The van der Waals surface area contributed by atoms with Crippen LogP contribution in [0.2, 0.25) is 0 Å². The van der Waals surface area contributed by atoms with Crippen molar-refractivity contribution >= 4 is 23.3 Å². The SMILES string of the molecule is CCCCN(CC(N)=O)c1cc(C(=O)O)c(N)cc1F. The second-order valence-corrected chi connectivity index (χ2v) is 4.44. The number of anilines is 2. The van der Waals surface area contributed by atoms with Gasteiger partial charge in [-0.1, -0.05) is 13.3 Å². The third-order valence-electron chi connectivity index (χ3n) is 2.82. The van der Waals surface area contributed by atoms with Crippen LogP contribution in [-0.4, -0.2) is 30.1 Å². The van der Waals surface area contributed by atoms with Gasteiger partial charge in [0, 0.05) is 12.2 Å². The number of nitrogens with zero attached hydrogens (tertiary/aromatic N) is 1. The minimum absolute atomic E-state index is 0.0175. The van der Waals surface area contributed by atoms with Crippen molar-refractivity contribution in [3.05, 3.63) is 23.5 Å². The lowest BCUT2D eigenvalue weighted by Crippen LogP contribution is -2.35. The maximum absolute atomic E-state index is 14.0. The standard InChI is InChI=1S/C13H18FN3O3/c1-2-3-4-17(7-12(16)18)11-5-8(13(19)20)10(15)6-9(11)14/h5-6H,2-4,7,15H2,1H3,(H2,16,18)(H,19,20). The number of benzene rings is 1. The highest BCUT2D eigenvalue weighted by molar-refractivity contribution is 5.95. The van der Waals surface area contributed by atoms with Crippen molar-refractivity contribution in [3.8, 4) is 0 Å². The molecule has 110 valence electrons. The van der Waals surface area contributed by atoms with Gasteiger partial charge in [0.05, 0.1) is 17.8 Å². The number of hydrogen-bond acceptors (Lipinski definition) is 4. The van der Waals surface area contributed by atoms with E-state index in [4.69, 9.17) is 16.6 Å². The number of aromatic carboxylic acids is 1. The number of nitrogens with two attached hydrogens (primary N) is 2. The van der Waals surface area contributed by atoms with E-state index in [1.807, 2.05) is 6.92 Å². The van der Waals surface area contributed by atoms with Gasteiger partial charge in [-0.25, -0.2) is 9.18 Å². The minimum Gasteiger partial charge on any atom is -0.478 e. The number of nitrogen functional groups attached to an aromatic ring is 1. The molecule has 1 rings (SSSR count). The summed E-state index contributed by atoms with van der Waals surface area (Å²) in [4.78, 5) is 23.5. The van der Waals surface area contributed by atoms with Crippen LogP contribution in [0.5, 0.6) is 0 Å².